The van der Waals surface area contributed by atoms with Crippen molar-refractivity contribution in [3.8, 4) is 5.75 Å². The molecule has 5 nitrogen and oxygen atoms in total. The van der Waals surface area contributed by atoms with Crippen LogP contribution in [0.25, 0.3) is 0 Å². The van der Waals surface area contributed by atoms with Crippen molar-refractivity contribution in [2.75, 3.05) is 6.61 Å². The van der Waals surface area contributed by atoms with Crippen LogP contribution in [0.3, 0.4) is 0 Å². The lowest BCUT2D eigenvalue weighted by Gasteiger charge is -2.18. The monoisotopic (exact) mass is 317 g/mol. The Kier molecular flexibility index (Phi) is 4.11. The molecule has 2 aromatic rings. The summed E-state index contributed by atoms with van der Waals surface area (Å²) in [6, 6.07) is 10.6. The third-order valence-electron chi connectivity index (χ3n) is 3.60. The van der Waals surface area contributed by atoms with E-state index in [1.807, 2.05) is 41.8 Å². The predicted octanol–water partition coefficient (Wildman–Crippen LogP) is 2.56. The topological polar surface area (TPSA) is 75.6 Å². The standard InChI is InChI=1S/C16H15NO4S/c18-15(19)8-12(14-6-3-7-22-14)17-16(20)11-9-21-13-5-2-1-4-10(11)13/h1-7,11-12H,8-9H2,(H,17,20)(H,18,19)/t11-,12-/m0/s1. The summed E-state index contributed by atoms with van der Waals surface area (Å²) in [4.78, 5) is 24.4. The molecule has 0 spiro atoms. The number of fused-ring (bicyclic) bond motifs is 1. The van der Waals surface area contributed by atoms with Crippen LogP contribution in [-0.2, 0) is 9.59 Å². The highest BCUT2D eigenvalue weighted by molar-refractivity contribution is 7.10. The van der Waals surface area contributed by atoms with Gasteiger partial charge in [-0.1, -0.05) is 24.3 Å². The Labute approximate surface area is 131 Å². The number of aliphatic carboxylic acids is 1. The molecule has 0 aliphatic carbocycles. The van der Waals surface area contributed by atoms with Crippen LogP contribution in [0.1, 0.15) is 28.8 Å². The van der Waals surface area contributed by atoms with Crippen molar-refractivity contribution in [1.82, 2.24) is 5.32 Å². The van der Waals surface area contributed by atoms with E-state index in [0.717, 1.165) is 10.4 Å². The predicted molar refractivity (Wildman–Crippen MR) is 82.1 cm³/mol. The zero-order valence-electron chi connectivity index (χ0n) is 11.7. The Morgan fingerprint density at radius 1 is 1.32 bits per heavy atom. The molecule has 0 bridgehead atoms. The first-order chi connectivity index (χ1) is 10.6. The Hall–Kier alpha value is -2.34. The average Bonchev–Trinajstić information content (AvgIpc) is 3.15. The molecule has 22 heavy (non-hydrogen) atoms. The second kappa shape index (κ2) is 6.19. The SMILES string of the molecule is O=C(O)C[C@H](NC(=O)[C@H]1COc2ccccc21)c1cccs1. The second-order valence-corrected chi connectivity index (χ2v) is 6.06. The Morgan fingerprint density at radius 2 is 2.14 bits per heavy atom. The fourth-order valence-electron chi connectivity index (χ4n) is 2.54. The average molecular weight is 317 g/mol. The molecule has 1 aromatic carbocycles. The van der Waals surface area contributed by atoms with Gasteiger partial charge in [0.15, 0.2) is 0 Å². The maximum Gasteiger partial charge on any atom is 0.305 e. The molecule has 2 atom stereocenters. The van der Waals surface area contributed by atoms with Gasteiger partial charge in [0.25, 0.3) is 0 Å². The normalized spacial score (nSPS) is 17.4. The van der Waals surface area contributed by atoms with Gasteiger partial charge in [0, 0.05) is 10.4 Å². The zero-order chi connectivity index (χ0) is 15.5. The van der Waals surface area contributed by atoms with Crippen molar-refractivity contribution in [3.63, 3.8) is 0 Å². The number of ether oxygens (including phenoxy) is 1. The lowest BCUT2D eigenvalue weighted by Crippen LogP contribution is -2.34. The first-order valence-electron chi connectivity index (χ1n) is 6.92. The lowest BCUT2D eigenvalue weighted by molar-refractivity contribution is -0.137. The second-order valence-electron chi connectivity index (χ2n) is 5.08. The molecule has 2 heterocycles. The number of para-hydroxylation sites is 1. The number of carbonyl (C=O) groups is 2. The van der Waals surface area contributed by atoms with Crippen molar-refractivity contribution in [1.29, 1.82) is 0 Å². The molecule has 0 saturated heterocycles. The van der Waals surface area contributed by atoms with E-state index in [2.05, 4.69) is 5.32 Å². The number of carboxylic acid groups (broad SMARTS) is 1. The number of amides is 1. The number of rotatable bonds is 5. The van der Waals surface area contributed by atoms with Crippen LogP contribution < -0.4 is 10.1 Å². The number of hydrogen-bond donors (Lipinski definition) is 2. The molecule has 1 aliphatic heterocycles. The summed E-state index contributed by atoms with van der Waals surface area (Å²) in [5.74, 6) is -0.826. The minimum Gasteiger partial charge on any atom is -0.492 e. The number of thiophene rings is 1. The number of carboxylic acids is 1. The summed E-state index contributed by atoms with van der Waals surface area (Å²) in [6.07, 6.45) is -0.137. The molecule has 3 rings (SSSR count). The van der Waals surface area contributed by atoms with E-state index < -0.39 is 17.9 Å². The smallest absolute Gasteiger partial charge is 0.305 e. The minimum atomic E-state index is -0.943. The van der Waals surface area contributed by atoms with Crippen LogP contribution in [0.15, 0.2) is 41.8 Å². The van der Waals surface area contributed by atoms with Gasteiger partial charge in [-0.25, -0.2) is 0 Å². The number of carbonyl (C=O) groups excluding carboxylic acids is 1. The summed E-state index contributed by atoms with van der Waals surface area (Å²) >= 11 is 1.43. The van der Waals surface area contributed by atoms with Gasteiger partial charge in [0.2, 0.25) is 5.91 Å². The molecule has 0 saturated carbocycles. The summed E-state index contributed by atoms with van der Waals surface area (Å²) in [6.45, 7) is 0.287. The molecule has 1 aromatic heterocycles. The van der Waals surface area contributed by atoms with Crippen LogP contribution in [0.5, 0.6) is 5.75 Å². The van der Waals surface area contributed by atoms with Gasteiger partial charge in [-0.3, -0.25) is 9.59 Å². The third-order valence-corrected chi connectivity index (χ3v) is 4.58. The molecule has 0 unspecified atom stereocenters. The van der Waals surface area contributed by atoms with Crippen molar-refractivity contribution in [3.05, 3.63) is 52.2 Å². The van der Waals surface area contributed by atoms with Crippen molar-refractivity contribution in [2.24, 2.45) is 0 Å². The molecular formula is C16H15NO4S. The van der Waals surface area contributed by atoms with Crippen LogP contribution in [0.4, 0.5) is 0 Å². The van der Waals surface area contributed by atoms with Crippen molar-refractivity contribution >= 4 is 23.2 Å². The highest BCUT2D eigenvalue weighted by Gasteiger charge is 2.32. The Balaban J connectivity index is 1.76. The molecule has 2 N–H and O–H groups in total. The maximum atomic E-state index is 12.5. The van der Waals surface area contributed by atoms with Crippen LogP contribution in [0, 0.1) is 0 Å². The highest BCUT2D eigenvalue weighted by atomic mass is 32.1. The fraction of sp³-hybridized carbons (Fsp3) is 0.250. The van der Waals surface area contributed by atoms with Gasteiger partial charge in [0.05, 0.1) is 12.5 Å². The minimum absolute atomic E-state index is 0.137. The van der Waals surface area contributed by atoms with E-state index in [-0.39, 0.29) is 18.9 Å². The fourth-order valence-corrected chi connectivity index (χ4v) is 3.32. The van der Waals surface area contributed by atoms with E-state index in [1.54, 1.807) is 0 Å². The van der Waals surface area contributed by atoms with Gasteiger partial charge in [-0.05, 0) is 17.5 Å². The van der Waals surface area contributed by atoms with Crippen molar-refractivity contribution < 1.29 is 19.4 Å². The van der Waals surface area contributed by atoms with Gasteiger partial charge >= 0.3 is 5.97 Å². The summed E-state index contributed by atoms with van der Waals surface area (Å²) < 4.78 is 5.51. The summed E-state index contributed by atoms with van der Waals surface area (Å²) in [5.41, 5.74) is 0.847. The van der Waals surface area contributed by atoms with E-state index in [4.69, 9.17) is 9.84 Å². The van der Waals surface area contributed by atoms with E-state index >= 15 is 0 Å². The van der Waals surface area contributed by atoms with E-state index in [1.165, 1.54) is 11.3 Å². The number of nitrogens with one attached hydrogen (secondary N) is 1. The van der Waals surface area contributed by atoms with Gasteiger partial charge in [-0.2, -0.15) is 0 Å². The quantitative estimate of drug-likeness (QED) is 0.888. The largest absolute Gasteiger partial charge is 0.492 e. The Morgan fingerprint density at radius 3 is 2.86 bits per heavy atom. The summed E-state index contributed by atoms with van der Waals surface area (Å²) in [7, 11) is 0. The lowest BCUT2D eigenvalue weighted by atomic mass is 9.99. The Bertz CT molecular complexity index is 683. The molecule has 114 valence electrons. The highest BCUT2D eigenvalue weighted by Crippen LogP contribution is 2.34. The van der Waals surface area contributed by atoms with Gasteiger partial charge in [0.1, 0.15) is 18.3 Å². The number of benzene rings is 1. The van der Waals surface area contributed by atoms with Gasteiger partial charge < -0.3 is 15.2 Å². The molecule has 0 radical (unpaired) electrons. The van der Waals surface area contributed by atoms with Gasteiger partial charge in [-0.15, -0.1) is 11.3 Å². The third kappa shape index (κ3) is 2.96. The maximum absolute atomic E-state index is 12.5. The van der Waals surface area contributed by atoms with Crippen LogP contribution in [-0.4, -0.2) is 23.6 Å². The first-order valence-corrected chi connectivity index (χ1v) is 7.80. The molecule has 6 heteroatoms. The molecule has 1 aliphatic rings. The van der Waals surface area contributed by atoms with E-state index in [9.17, 15) is 9.59 Å². The summed E-state index contributed by atoms with van der Waals surface area (Å²) in [5, 5.41) is 13.8. The van der Waals surface area contributed by atoms with Crippen molar-refractivity contribution in [2.45, 2.75) is 18.4 Å². The first kappa shape index (κ1) is 14.6. The van der Waals surface area contributed by atoms with Crippen LogP contribution in [0.2, 0.25) is 0 Å². The molecule has 1 amide bonds. The molecular weight excluding hydrogens is 302 g/mol. The van der Waals surface area contributed by atoms with E-state index in [0.29, 0.717) is 5.75 Å². The number of hydrogen-bond acceptors (Lipinski definition) is 4. The molecule has 0 fully saturated rings. The zero-order valence-corrected chi connectivity index (χ0v) is 12.5. The van der Waals surface area contributed by atoms with Crippen LogP contribution >= 0.6 is 11.3 Å².